The number of hydrogen-bond donors (Lipinski definition) is 3. The van der Waals surface area contributed by atoms with Crippen LogP contribution in [0.15, 0.2) is 0 Å². The molecule has 3 saturated heterocycles. The summed E-state index contributed by atoms with van der Waals surface area (Å²) in [5.74, 6) is -3.87. The third-order valence-electron chi connectivity index (χ3n) is 4.06. The minimum atomic E-state index is -4.94. The molecule has 0 aromatic heterocycles. The molecule has 0 aliphatic carbocycles. The molecule has 0 radical (unpaired) electrons. The van der Waals surface area contributed by atoms with E-state index in [0.717, 1.165) is 0 Å². The van der Waals surface area contributed by atoms with E-state index in [-0.39, 0.29) is 16.7 Å². The van der Waals surface area contributed by atoms with E-state index in [1.807, 2.05) is 22.6 Å². The van der Waals surface area contributed by atoms with Crippen LogP contribution in [-0.4, -0.2) is 42.3 Å². The summed E-state index contributed by atoms with van der Waals surface area (Å²) in [4.78, 5) is 12.4. The molecule has 3 atom stereocenters. The molecular weight excluding hydrogens is 535 g/mol. The van der Waals surface area contributed by atoms with E-state index in [1.54, 1.807) is 6.92 Å². The Labute approximate surface area is 146 Å². The summed E-state index contributed by atoms with van der Waals surface area (Å²) in [6, 6.07) is 0. The predicted octanol–water partition coefficient (Wildman–Crippen LogP) is 1.74. The van der Waals surface area contributed by atoms with Gasteiger partial charge in [-0.2, -0.15) is 0 Å². The van der Waals surface area contributed by atoms with E-state index < -0.39 is 53.7 Å². The van der Waals surface area contributed by atoms with Gasteiger partial charge in [-0.25, -0.2) is 0 Å². The summed E-state index contributed by atoms with van der Waals surface area (Å²) in [5.41, 5.74) is -1.43. The molecule has 3 rings (SSSR count). The van der Waals surface area contributed by atoms with Gasteiger partial charge < -0.3 is 0 Å². The molecule has 0 aromatic carbocycles. The summed E-state index contributed by atoms with van der Waals surface area (Å²) < 4.78 is 53.8. The zero-order valence-corrected chi connectivity index (χ0v) is 16.0. The zero-order valence-electron chi connectivity index (χ0n) is 11.7. The van der Waals surface area contributed by atoms with Gasteiger partial charge in [-0.1, -0.05) is 0 Å². The van der Waals surface area contributed by atoms with Gasteiger partial charge in [0.1, 0.15) is 0 Å². The number of carbonyl (C=O) groups excluding carboxylic acids is 1. The van der Waals surface area contributed by atoms with Crippen LogP contribution in [0.1, 0.15) is 26.7 Å². The van der Waals surface area contributed by atoms with Gasteiger partial charge in [0, 0.05) is 0 Å². The molecule has 3 heterocycles. The van der Waals surface area contributed by atoms with Crippen LogP contribution >= 0.6 is 43.0 Å². The van der Waals surface area contributed by atoms with E-state index in [4.69, 9.17) is 4.74 Å². The number of ether oxygens (including phenoxy) is 2. The molecule has 3 N–H and O–H groups in total. The SMILES string of the molecule is CC1(OC(=O)C(C)(I)C23NI2N3)CCOC(O)(C(F)(F)F)C1. The number of halogens is 5. The molecule has 0 bridgehead atoms. The monoisotopic (exact) mass is 550 g/mol. The average Bonchev–Trinajstić information content (AvgIpc) is 3.13. The van der Waals surface area contributed by atoms with Crippen molar-refractivity contribution in [3.8, 4) is 0 Å². The fourth-order valence-electron chi connectivity index (χ4n) is 2.39. The first-order chi connectivity index (χ1) is 9.85. The van der Waals surface area contributed by atoms with Crippen LogP contribution < -0.4 is 7.06 Å². The predicted molar refractivity (Wildman–Crippen MR) is 86.1 cm³/mol. The van der Waals surface area contributed by atoms with Crippen molar-refractivity contribution >= 4 is 48.9 Å². The summed E-state index contributed by atoms with van der Waals surface area (Å²) in [5, 5.41) is 9.68. The van der Waals surface area contributed by atoms with E-state index in [0.29, 0.717) is 0 Å². The molecule has 0 saturated carbocycles. The Morgan fingerprint density at radius 3 is 2.45 bits per heavy atom. The van der Waals surface area contributed by atoms with Crippen LogP contribution in [0.25, 0.3) is 0 Å². The van der Waals surface area contributed by atoms with Crippen molar-refractivity contribution in [2.75, 3.05) is 6.61 Å². The van der Waals surface area contributed by atoms with Crippen molar-refractivity contribution in [1.82, 2.24) is 7.06 Å². The minimum absolute atomic E-state index is 0.0972. The summed E-state index contributed by atoms with van der Waals surface area (Å²) in [6.45, 7) is 2.75. The maximum atomic E-state index is 12.9. The third kappa shape index (κ3) is 2.55. The van der Waals surface area contributed by atoms with Gasteiger partial charge in [-0.15, -0.1) is 0 Å². The standard InChI is InChI=1S/C11H15F3I2N2O4/c1-7(3-4-21-9(20,5-7)10(12,13)14)22-6(19)8(2,15)11-16(17-11)18-11/h17-18,20H,3-5H2,1-2H3. The molecule has 3 aliphatic heterocycles. The van der Waals surface area contributed by atoms with Crippen LogP contribution in [0.5, 0.6) is 0 Å². The van der Waals surface area contributed by atoms with Gasteiger partial charge in [-0.05, 0) is 0 Å². The van der Waals surface area contributed by atoms with E-state index >= 15 is 0 Å². The number of alkyl halides is 5. The van der Waals surface area contributed by atoms with Gasteiger partial charge in [0.15, 0.2) is 0 Å². The fourth-order valence-corrected chi connectivity index (χ4v) is 10.1. The third-order valence-corrected chi connectivity index (χ3v) is 11.2. The molecule has 3 unspecified atom stereocenters. The Kier molecular flexibility index (Phi) is 3.80. The van der Waals surface area contributed by atoms with Crippen molar-refractivity contribution in [3.63, 3.8) is 0 Å². The second kappa shape index (κ2) is 4.80. The molecular formula is C11H15F3I2N2O4. The number of esters is 1. The van der Waals surface area contributed by atoms with Crippen molar-refractivity contribution < 1.29 is 32.5 Å². The quantitative estimate of drug-likeness (QED) is 0.124. The number of carbonyl (C=O) groups is 1. The van der Waals surface area contributed by atoms with Crippen LogP contribution in [0.3, 0.4) is 0 Å². The second-order valence-corrected chi connectivity index (χ2v) is 12.5. The molecule has 0 aromatic rings. The van der Waals surface area contributed by atoms with Crippen molar-refractivity contribution in [3.05, 3.63) is 0 Å². The Bertz CT molecular complexity index is 526. The van der Waals surface area contributed by atoms with Crippen molar-refractivity contribution in [2.24, 2.45) is 0 Å². The summed E-state index contributed by atoms with van der Waals surface area (Å²) >= 11 is 0.565. The molecule has 128 valence electrons. The average molecular weight is 550 g/mol. The van der Waals surface area contributed by atoms with Gasteiger partial charge in [0.05, 0.1) is 0 Å². The van der Waals surface area contributed by atoms with Crippen molar-refractivity contribution in [1.29, 1.82) is 0 Å². The number of rotatable bonds is 3. The molecule has 3 aliphatic rings. The molecule has 3 fully saturated rings. The molecule has 11 heteroatoms. The van der Waals surface area contributed by atoms with E-state index in [2.05, 4.69) is 11.8 Å². The first-order valence-electron chi connectivity index (χ1n) is 6.46. The van der Waals surface area contributed by atoms with Crippen LogP contribution in [0.2, 0.25) is 0 Å². The van der Waals surface area contributed by atoms with Crippen LogP contribution in [0, 0.1) is 0 Å². The van der Waals surface area contributed by atoms with Gasteiger partial charge in [-0.3, -0.25) is 0 Å². The summed E-state index contributed by atoms with van der Waals surface area (Å²) in [7, 11) is 0. The molecule has 0 amide bonds. The number of fused-ring (bicyclic) bond motifs is 1. The Morgan fingerprint density at radius 2 is 2.00 bits per heavy atom. The van der Waals surface area contributed by atoms with Gasteiger partial charge >= 0.3 is 146 Å². The Morgan fingerprint density at radius 1 is 1.45 bits per heavy atom. The van der Waals surface area contributed by atoms with Crippen molar-refractivity contribution in [2.45, 2.75) is 51.3 Å². The first-order valence-corrected chi connectivity index (χ1v) is 10.8. The Hall–Kier alpha value is 0.560. The van der Waals surface area contributed by atoms with Gasteiger partial charge in [0.25, 0.3) is 0 Å². The molecule has 6 nitrogen and oxygen atoms in total. The maximum absolute atomic E-state index is 12.9. The first kappa shape index (κ1) is 17.4. The fraction of sp³-hybridized carbons (Fsp3) is 0.909. The normalized spacial score (nSPS) is 40.4. The molecule has 0 spiro atoms. The van der Waals surface area contributed by atoms with Gasteiger partial charge in [0.2, 0.25) is 0 Å². The van der Waals surface area contributed by atoms with E-state index in [1.165, 1.54) is 6.92 Å². The number of hydrogen-bond acceptors (Lipinski definition) is 6. The summed E-state index contributed by atoms with van der Waals surface area (Å²) in [6.07, 6.45) is -5.68. The Balaban J connectivity index is 1.72. The molecule has 22 heavy (non-hydrogen) atoms. The van der Waals surface area contributed by atoms with Crippen LogP contribution in [0.4, 0.5) is 13.2 Å². The zero-order chi connectivity index (χ0) is 16.6. The van der Waals surface area contributed by atoms with Crippen LogP contribution in [-0.2, 0) is 14.3 Å². The van der Waals surface area contributed by atoms with E-state index in [9.17, 15) is 23.1 Å². The second-order valence-electron chi connectivity index (χ2n) is 6.03. The topological polar surface area (TPSA) is 99.6 Å². The number of nitrogens with one attached hydrogen (secondary N) is 2. The number of aliphatic hydroxyl groups is 1.